The average molecular weight is 241 g/mol. The zero-order chi connectivity index (χ0) is 12.3. The average Bonchev–Trinajstić information content (AvgIpc) is 2.83. The van der Waals surface area contributed by atoms with Gasteiger partial charge in [0.1, 0.15) is 0 Å². The van der Waals surface area contributed by atoms with Gasteiger partial charge >= 0.3 is 6.43 Å². The van der Waals surface area contributed by atoms with E-state index in [1.165, 1.54) is 0 Å². The van der Waals surface area contributed by atoms with Crippen molar-refractivity contribution in [1.29, 1.82) is 0 Å². The normalized spacial score (nSPS) is 15.4. The summed E-state index contributed by atoms with van der Waals surface area (Å²) in [5.74, 6) is -0.725. The van der Waals surface area contributed by atoms with E-state index in [0.717, 1.165) is 25.9 Å². The first-order valence-electron chi connectivity index (χ1n) is 5.47. The molecule has 0 bridgehead atoms. The lowest BCUT2D eigenvalue weighted by atomic mass is 10.3. The van der Waals surface area contributed by atoms with Crippen molar-refractivity contribution in [3.05, 3.63) is 18.3 Å². The number of aromatic nitrogens is 1. The Morgan fingerprint density at radius 1 is 1.41 bits per heavy atom. The minimum Gasteiger partial charge on any atom is -0.355 e. The third-order valence-electron chi connectivity index (χ3n) is 2.65. The highest BCUT2D eigenvalue weighted by Crippen LogP contribution is 2.26. The van der Waals surface area contributed by atoms with Crippen molar-refractivity contribution < 1.29 is 13.6 Å². The van der Waals surface area contributed by atoms with Crippen LogP contribution < -0.4 is 10.2 Å². The first-order valence-corrected chi connectivity index (χ1v) is 5.47. The van der Waals surface area contributed by atoms with E-state index in [0.29, 0.717) is 11.5 Å². The molecular weight excluding hydrogens is 228 g/mol. The van der Waals surface area contributed by atoms with Gasteiger partial charge in [-0.1, -0.05) is 0 Å². The Hall–Kier alpha value is -1.72. The predicted molar refractivity (Wildman–Crippen MR) is 60.3 cm³/mol. The van der Waals surface area contributed by atoms with Gasteiger partial charge in [0.25, 0.3) is 5.91 Å². The van der Waals surface area contributed by atoms with Crippen LogP contribution in [-0.2, 0) is 4.79 Å². The maximum Gasteiger partial charge on any atom is 0.315 e. The fourth-order valence-electron chi connectivity index (χ4n) is 1.86. The third-order valence-corrected chi connectivity index (χ3v) is 2.65. The number of amides is 1. The highest BCUT2D eigenvalue weighted by molar-refractivity contribution is 5.95. The second-order valence-corrected chi connectivity index (χ2v) is 3.86. The molecule has 17 heavy (non-hydrogen) atoms. The summed E-state index contributed by atoms with van der Waals surface area (Å²) in [4.78, 5) is 17.1. The van der Waals surface area contributed by atoms with Crippen LogP contribution >= 0.6 is 0 Å². The lowest BCUT2D eigenvalue weighted by Crippen LogP contribution is -2.24. The molecule has 2 rings (SSSR count). The van der Waals surface area contributed by atoms with E-state index in [4.69, 9.17) is 0 Å². The van der Waals surface area contributed by atoms with Crippen molar-refractivity contribution in [3.63, 3.8) is 0 Å². The molecule has 0 aromatic carbocycles. The fourth-order valence-corrected chi connectivity index (χ4v) is 1.86. The van der Waals surface area contributed by atoms with E-state index in [-0.39, 0.29) is 0 Å². The molecule has 4 nitrogen and oxygen atoms in total. The van der Waals surface area contributed by atoms with Gasteiger partial charge in [-0.05, 0) is 25.0 Å². The van der Waals surface area contributed by atoms with Crippen molar-refractivity contribution in [1.82, 2.24) is 4.98 Å². The van der Waals surface area contributed by atoms with E-state index in [1.807, 2.05) is 4.90 Å². The molecule has 1 fully saturated rings. The number of nitrogens with zero attached hydrogens (tertiary/aromatic N) is 2. The number of anilines is 2. The molecule has 0 unspecified atom stereocenters. The summed E-state index contributed by atoms with van der Waals surface area (Å²) in [6.45, 7) is 1.68. The lowest BCUT2D eigenvalue weighted by molar-refractivity contribution is -0.126. The molecule has 1 aromatic rings. The first kappa shape index (κ1) is 11.8. The van der Waals surface area contributed by atoms with Gasteiger partial charge in [-0.2, -0.15) is 8.78 Å². The van der Waals surface area contributed by atoms with Gasteiger partial charge in [0.2, 0.25) is 0 Å². The molecule has 1 amide bonds. The number of hydrogen-bond acceptors (Lipinski definition) is 3. The molecule has 1 aromatic heterocycles. The van der Waals surface area contributed by atoms with E-state index in [2.05, 4.69) is 10.3 Å². The summed E-state index contributed by atoms with van der Waals surface area (Å²) in [6, 6.07) is 3.20. The molecular formula is C11H13F2N3O. The number of alkyl halides is 2. The number of nitrogens with one attached hydrogen (secondary N) is 1. The monoisotopic (exact) mass is 241 g/mol. The molecule has 0 spiro atoms. The number of hydrogen-bond donors (Lipinski definition) is 1. The Morgan fingerprint density at radius 2 is 2.12 bits per heavy atom. The zero-order valence-electron chi connectivity index (χ0n) is 9.20. The second-order valence-electron chi connectivity index (χ2n) is 3.86. The van der Waals surface area contributed by atoms with Gasteiger partial charge in [0, 0.05) is 19.3 Å². The molecule has 1 aliphatic rings. The molecule has 0 saturated carbocycles. The van der Waals surface area contributed by atoms with Crippen LogP contribution in [0.2, 0.25) is 0 Å². The lowest BCUT2D eigenvalue weighted by Gasteiger charge is -2.19. The maximum atomic E-state index is 12.2. The maximum absolute atomic E-state index is 12.2. The molecule has 1 aliphatic heterocycles. The van der Waals surface area contributed by atoms with Crippen molar-refractivity contribution in [2.24, 2.45) is 0 Å². The van der Waals surface area contributed by atoms with Crippen LogP contribution in [0.5, 0.6) is 0 Å². The number of rotatable bonds is 3. The van der Waals surface area contributed by atoms with Crippen molar-refractivity contribution in [2.45, 2.75) is 19.3 Å². The summed E-state index contributed by atoms with van der Waals surface area (Å²) < 4.78 is 24.4. The number of pyridine rings is 1. The first-order chi connectivity index (χ1) is 8.18. The fraction of sp³-hybridized carbons (Fsp3) is 0.455. The number of carbonyl (C=O) groups is 1. The van der Waals surface area contributed by atoms with E-state index >= 15 is 0 Å². The summed E-state index contributed by atoms with van der Waals surface area (Å²) in [6.07, 6.45) is 0.685. The Labute approximate surface area is 97.6 Å². The topological polar surface area (TPSA) is 45.2 Å². The highest BCUT2D eigenvalue weighted by atomic mass is 19.3. The van der Waals surface area contributed by atoms with Crippen LogP contribution in [0.4, 0.5) is 20.3 Å². The summed E-state index contributed by atoms with van der Waals surface area (Å²) in [5.41, 5.74) is 0.347. The molecule has 1 N–H and O–H groups in total. The molecule has 6 heteroatoms. The van der Waals surface area contributed by atoms with Crippen molar-refractivity contribution in [3.8, 4) is 0 Å². The second kappa shape index (κ2) is 5.07. The Kier molecular flexibility index (Phi) is 3.51. The molecule has 2 heterocycles. The summed E-state index contributed by atoms with van der Waals surface area (Å²) in [5, 5.41) is 2.19. The van der Waals surface area contributed by atoms with Crippen LogP contribution in [-0.4, -0.2) is 30.4 Å². The number of carbonyl (C=O) groups excluding carboxylic acids is 1. The van der Waals surface area contributed by atoms with Crippen LogP contribution in [0.3, 0.4) is 0 Å². The quantitative estimate of drug-likeness (QED) is 0.878. The molecule has 92 valence electrons. The summed E-state index contributed by atoms with van der Waals surface area (Å²) in [7, 11) is 0. The zero-order valence-corrected chi connectivity index (χ0v) is 9.20. The Bertz CT molecular complexity index is 405. The van der Waals surface area contributed by atoms with Crippen LogP contribution in [0.1, 0.15) is 12.8 Å². The SMILES string of the molecule is O=C(Nc1cccnc1N1CCCC1)C(F)F. The standard InChI is InChI=1S/C11H13F2N3O/c12-9(13)11(17)15-8-4-3-5-14-10(8)16-6-1-2-7-16/h3-5,9H,1-2,6-7H2,(H,15,17). The Morgan fingerprint density at radius 3 is 2.76 bits per heavy atom. The molecule has 0 aliphatic carbocycles. The summed E-state index contributed by atoms with van der Waals surface area (Å²) >= 11 is 0. The largest absolute Gasteiger partial charge is 0.355 e. The number of halogens is 2. The predicted octanol–water partition coefficient (Wildman–Crippen LogP) is 1.89. The van der Waals surface area contributed by atoms with Gasteiger partial charge < -0.3 is 10.2 Å². The molecule has 0 atom stereocenters. The highest BCUT2D eigenvalue weighted by Gasteiger charge is 2.20. The van der Waals surface area contributed by atoms with E-state index in [9.17, 15) is 13.6 Å². The minimum absolute atomic E-state index is 0.347. The van der Waals surface area contributed by atoms with E-state index < -0.39 is 12.3 Å². The van der Waals surface area contributed by atoms with Crippen LogP contribution in [0.25, 0.3) is 0 Å². The van der Waals surface area contributed by atoms with Gasteiger partial charge in [0.15, 0.2) is 5.82 Å². The Balaban J connectivity index is 2.18. The molecule has 0 radical (unpaired) electrons. The van der Waals surface area contributed by atoms with Gasteiger partial charge in [-0.3, -0.25) is 4.79 Å². The van der Waals surface area contributed by atoms with Crippen LogP contribution in [0, 0.1) is 0 Å². The van der Waals surface area contributed by atoms with Gasteiger partial charge in [0.05, 0.1) is 5.69 Å². The van der Waals surface area contributed by atoms with E-state index in [1.54, 1.807) is 18.3 Å². The van der Waals surface area contributed by atoms with Crippen molar-refractivity contribution >= 4 is 17.4 Å². The van der Waals surface area contributed by atoms with Crippen LogP contribution in [0.15, 0.2) is 18.3 Å². The molecule has 1 saturated heterocycles. The third kappa shape index (κ3) is 2.69. The van der Waals surface area contributed by atoms with Crippen molar-refractivity contribution in [2.75, 3.05) is 23.3 Å². The minimum atomic E-state index is -3.01. The smallest absolute Gasteiger partial charge is 0.315 e. The van der Waals surface area contributed by atoms with Gasteiger partial charge in [-0.25, -0.2) is 4.98 Å². The van der Waals surface area contributed by atoms with Gasteiger partial charge in [-0.15, -0.1) is 0 Å².